The molecule has 0 amide bonds. The molecule has 0 heterocycles. The molecule has 19 heavy (non-hydrogen) atoms. The summed E-state index contributed by atoms with van der Waals surface area (Å²) in [6.07, 6.45) is 5.23. The van der Waals surface area contributed by atoms with Gasteiger partial charge in [-0.1, -0.05) is 34.1 Å². The molecule has 0 aliphatic heterocycles. The second kappa shape index (κ2) is 6.87. The summed E-state index contributed by atoms with van der Waals surface area (Å²) in [4.78, 5) is 2.38. The SMILES string of the molecule is CNC1CCC(C(c2ccccc2Br)N(C)C)CC1. The van der Waals surface area contributed by atoms with Crippen LogP contribution in [0.25, 0.3) is 0 Å². The van der Waals surface area contributed by atoms with E-state index in [1.807, 2.05) is 0 Å². The van der Waals surface area contributed by atoms with Crippen LogP contribution in [0.1, 0.15) is 37.3 Å². The van der Waals surface area contributed by atoms with Crippen LogP contribution in [0.15, 0.2) is 28.7 Å². The Morgan fingerprint density at radius 3 is 2.32 bits per heavy atom. The Bertz CT molecular complexity index is 397. The smallest absolute Gasteiger partial charge is 0.0381 e. The molecule has 0 aromatic heterocycles. The third kappa shape index (κ3) is 3.59. The summed E-state index contributed by atoms with van der Waals surface area (Å²) < 4.78 is 1.24. The summed E-state index contributed by atoms with van der Waals surface area (Å²) in [5, 5.41) is 3.42. The molecule has 1 saturated carbocycles. The fourth-order valence-corrected chi connectivity index (χ4v) is 3.91. The number of rotatable bonds is 4. The van der Waals surface area contributed by atoms with Gasteiger partial charge in [0.15, 0.2) is 0 Å². The zero-order valence-corrected chi connectivity index (χ0v) is 13.8. The van der Waals surface area contributed by atoms with E-state index in [2.05, 4.69) is 71.6 Å². The van der Waals surface area contributed by atoms with Crippen LogP contribution in [0, 0.1) is 5.92 Å². The topological polar surface area (TPSA) is 15.3 Å². The first-order chi connectivity index (χ1) is 9.13. The van der Waals surface area contributed by atoms with Crippen molar-refractivity contribution in [2.24, 2.45) is 5.92 Å². The van der Waals surface area contributed by atoms with E-state index >= 15 is 0 Å². The number of nitrogens with zero attached hydrogens (tertiary/aromatic N) is 1. The summed E-state index contributed by atoms with van der Waals surface area (Å²) in [7, 11) is 6.49. The van der Waals surface area contributed by atoms with E-state index in [1.54, 1.807) is 0 Å². The Kier molecular flexibility index (Phi) is 5.43. The van der Waals surface area contributed by atoms with Gasteiger partial charge in [-0.3, -0.25) is 0 Å². The first-order valence-electron chi connectivity index (χ1n) is 7.21. The van der Waals surface area contributed by atoms with Crippen LogP contribution in [-0.2, 0) is 0 Å². The van der Waals surface area contributed by atoms with E-state index < -0.39 is 0 Å². The van der Waals surface area contributed by atoms with Gasteiger partial charge in [0.25, 0.3) is 0 Å². The lowest BCUT2D eigenvalue weighted by atomic mass is 9.79. The average Bonchev–Trinajstić information content (AvgIpc) is 2.42. The number of hydrogen-bond donors (Lipinski definition) is 1. The van der Waals surface area contributed by atoms with Crippen molar-refractivity contribution in [2.75, 3.05) is 21.1 Å². The van der Waals surface area contributed by atoms with Crippen molar-refractivity contribution < 1.29 is 0 Å². The van der Waals surface area contributed by atoms with Crippen molar-refractivity contribution >= 4 is 15.9 Å². The van der Waals surface area contributed by atoms with E-state index in [9.17, 15) is 0 Å². The largest absolute Gasteiger partial charge is 0.317 e. The molecule has 2 nitrogen and oxygen atoms in total. The number of benzene rings is 1. The van der Waals surface area contributed by atoms with Gasteiger partial charge in [0.05, 0.1) is 0 Å². The molecule has 1 atom stereocenters. The minimum atomic E-state index is 0.522. The highest BCUT2D eigenvalue weighted by Crippen LogP contribution is 2.39. The first kappa shape index (κ1) is 15.0. The summed E-state index contributed by atoms with van der Waals surface area (Å²) in [5.41, 5.74) is 1.43. The van der Waals surface area contributed by atoms with Gasteiger partial charge in [0, 0.05) is 16.6 Å². The molecular formula is C16H25BrN2. The summed E-state index contributed by atoms with van der Waals surface area (Å²) >= 11 is 3.72. The lowest BCUT2D eigenvalue weighted by molar-refractivity contribution is 0.158. The van der Waals surface area contributed by atoms with E-state index in [-0.39, 0.29) is 0 Å². The van der Waals surface area contributed by atoms with E-state index in [1.165, 1.54) is 35.7 Å². The van der Waals surface area contributed by atoms with Gasteiger partial charge in [-0.05, 0) is 64.4 Å². The highest BCUT2D eigenvalue weighted by Gasteiger charge is 2.30. The summed E-state index contributed by atoms with van der Waals surface area (Å²) in [6.45, 7) is 0. The summed E-state index contributed by atoms with van der Waals surface area (Å²) in [5.74, 6) is 0.762. The van der Waals surface area contributed by atoms with Crippen molar-refractivity contribution in [3.8, 4) is 0 Å². The maximum absolute atomic E-state index is 3.72. The van der Waals surface area contributed by atoms with E-state index in [0.717, 1.165) is 12.0 Å². The van der Waals surface area contributed by atoms with Gasteiger partial charge < -0.3 is 10.2 Å². The van der Waals surface area contributed by atoms with Gasteiger partial charge in [-0.2, -0.15) is 0 Å². The van der Waals surface area contributed by atoms with E-state index in [0.29, 0.717) is 6.04 Å². The Morgan fingerprint density at radius 1 is 1.16 bits per heavy atom. The average molecular weight is 325 g/mol. The molecule has 3 heteroatoms. The molecule has 2 rings (SSSR count). The predicted molar refractivity (Wildman–Crippen MR) is 85.4 cm³/mol. The molecule has 106 valence electrons. The number of halogens is 1. The zero-order chi connectivity index (χ0) is 13.8. The standard InChI is InChI=1S/C16H25BrN2/c1-18-13-10-8-12(9-11-13)16(19(2)3)14-6-4-5-7-15(14)17/h4-7,12-13,16,18H,8-11H2,1-3H3. The van der Waals surface area contributed by atoms with Crippen LogP contribution in [0.3, 0.4) is 0 Å². The molecule has 1 aromatic carbocycles. The quantitative estimate of drug-likeness (QED) is 0.905. The molecule has 1 aliphatic carbocycles. The van der Waals surface area contributed by atoms with Gasteiger partial charge in [0.2, 0.25) is 0 Å². The van der Waals surface area contributed by atoms with Crippen LogP contribution in [0.4, 0.5) is 0 Å². The Labute approximate surface area is 125 Å². The molecule has 1 aromatic rings. The lowest BCUT2D eigenvalue weighted by Crippen LogP contribution is -2.35. The second-order valence-corrected chi connectivity index (χ2v) is 6.68. The van der Waals surface area contributed by atoms with E-state index in [4.69, 9.17) is 0 Å². The Balaban J connectivity index is 2.16. The van der Waals surface area contributed by atoms with Crippen molar-refractivity contribution in [3.05, 3.63) is 34.3 Å². The minimum absolute atomic E-state index is 0.522. The van der Waals surface area contributed by atoms with Crippen LogP contribution in [0.5, 0.6) is 0 Å². The molecule has 0 bridgehead atoms. The molecule has 1 fully saturated rings. The highest BCUT2D eigenvalue weighted by molar-refractivity contribution is 9.10. The van der Waals surface area contributed by atoms with Gasteiger partial charge in [-0.25, -0.2) is 0 Å². The third-order valence-electron chi connectivity index (χ3n) is 4.41. The normalized spacial score (nSPS) is 25.5. The molecular weight excluding hydrogens is 300 g/mol. The van der Waals surface area contributed by atoms with Crippen molar-refractivity contribution in [1.29, 1.82) is 0 Å². The fraction of sp³-hybridized carbons (Fsp3) is 0.625. The zero-order valence-electron chi connectivity index (χ0n) is 12.2. The molecule has 1 unspecified atom stereocenters. The van der Waals surface area contributed by atoms with Crippen molar-refractivity contribution in [1.82, 2.24) is 10.2 Å². The second-order valence-electron chi connectivity index (χ2n) is 5.83. The third-order valence-corrected chi connectivity index (χ3v) is 5.13. The highest BCUT2D eigenvalue weighted by atomic mass is 79.9. The Morgan fingerprint density at radius 2 is 1.79 bits per heavy atom. The molecule has 0 saturated heterocycles. The van der Waals surface area contributed by atoms with Crippen LogP contribution in [-0.4, -0.2) is 32.1 Å². The molecule has 1 aliphatic rings. The Hall–Kier alpha value is -0.380. The summed E-state index contributed by atoms with van der Waals surface area (Å²) in [6, 6.07) is 9.91. The monoisotopic (exact) mass is 324 g/mol. The van der Waals surface area contributed by atoms with Gasteiger partial charge in [0.1, 0.15) is 0 Å². The van der Waals surface area contributed by atoms with Crippen LogP contribution >= 0.6 is 15.9 Å². The molecule has 0 radical (unpaired) electrons. The van der Waals surface area contributed by atoms with Gasteiger partial charge in [-0.15, -0.1) is 0 Å². The van der Waals surface area contributed by atoms with Crippen molar-refractivity contribution in [3.63, 3.8) is 0 Å². The lowest BCUT2D eigenvalue weighted by Gasteiger charge is -2.38. The fourth-order valence-electron chi connectivity index (χ4n) is 3.39. The van der Waals surface area contributed by atoms with Crippen molar-refractivity contribution in [2.45, 2.75) is 37.8 Å². The predicted octanol–water partition coefficient (Wildman–Crippen LogP) is 3.83. The van der Waals surface area contributed by atoms with Crippen LogP contribution in [0.2, 0.25) is 0 Å². The number of nitrogens with one attached hydrogen (secondary N) is 1. The molecule has 1 N–H and O–H groups in total. The molecule has 0 spiro atoms. The van der Waals surface area contributed by atoms with Gasteiger partial charge >= 0.3 is 0 Å². The maximum Gasteiger partial charge on any atom is 0.0381 e. The van der Waals surface area contributed by atoms with Crippen LogP contribution < -0.4 is 5.32 Å². The number of hydrogen-bond acceptors (Lipinski definition) is 2. The minimum Gasteiger partial charge on any atom is -0.317 e. The first-order valence-corrected chi connectivity index (χ1v) is 8.01. The maximum atomic E-state index is 3.72.